The van der Waals surface area contributed by atoms with Gasteiger partial charge in [0.1, 0.15) is 0 Å². The van der Waals surface area contributed by atoms with E-state index in [1.165, 1.54) is 19.3 Å². The number of methoxy groups -OCH3 is 1. The highest BCUT2D eigenvalue weighted by molar-refractivity contribution is 7.80. The summed E-state index contributed by atoms with van der Waals surface area (Å²) in [6, 6.07) is 0. The van der Waals surface area contributed by atoms with Crippen LogP contribution >= 0.6 is 12.2 Å². The Morgan fingerprint density at radius 2 is 2.00 bits per heavy atom. The van der Waals surface area contributed by atoms with E-state index in [1.807, 2.05) is 0 Å². The third-order valence-electron chi connectivity index (χ3n) is 5.26. The largest absolute Gasteiger partial charge is 0.383 e. The fraction of sp³-hybridized carbons (Fsp3) is 0.857. The van der Waals surface area contributed by atoms with E-state index < -0.39 is 0 Å². The molecule has 0 aliphatic heterocycles. The monoisotopic (exact) mass is 282 g/mol. The van der Waals surface area contributed by atoms with Gasteiger partial charge in [-0.2, -0.15) is 0 Å². The van der Waals surface area contributed by atoms with Gasteiger partial charge in [-0.25, -0.2) is 0 Å². The molecule has 1 amide bonds. The zero-order valence-corrected chi connectivity index (χ0v) is 12.2. The van der Waals surface area contributed by atoms with Crippen molar-refractivity contribution in [1.82, 2.24) is 10.6 Å². The van der Waals surface area contributed by atoms with Gasteiger partial charge < -0.3 is 15.4 Å². The standard InChI is InChI=1S/C14H22N2O2S/c1-18-3-2-15-13(19)16-12(17)14-7-9-4-10(8-14)6-11(14)5-9/h9-11H,2-8H2,1H3,(H2,15,16,17,19). The number of hydrogen-bond donors (Lipinski definition) is 2. The first kappa shape index (κ1) is 13.3. The average molecular weight is 282 g/mol. The number of carbonyl (C=O) groups excluding carboxylic acids is 1. The van der Waals surface area contributed by atoms with Gasteiger partial charge in [0.2, 0.25) is 5.91 Å². The van der Waals surface area contributed by atoms with E-state index in [0.29, 0.717) is 24.2 Å². The molecule has 4 bridgehead atoms. The molecule has 5 heteroatoms. The molecule has 2 N–H and O–H groups in total. The Hall–Kier alpha value is -0.680. The molecule has 4 saturated carbocycles. The maximum absolute atomic E-state index is 12.6. The zero-order chi connectivity index (χ0) is 13.5. The molecule has 0 aromatic heterocycles. The third kappa shape index (κ3) is 2.27. The first-order valence-corrected chi connectivity index (χ1v) is 7.63. The smallest absolute Gasteiger partial charge is 0.232 e. The molecule has 2 atom stereocenters. The van der Waals surface area contributed by atoms with E-state index in [-0.39, 0.29) is 11.3 Å². The molecule has 4 rings (SSSR count). The summed E-state index contributed by atoms with van der Waals surface area (Å²) >= 11 is 5.18. The van der Waals surface area contributed by atoms with Crippen LogP contribution in [-0.2, 0) is 9.53 Å². The zero-order valence-electron chi connectivity index (χ0n) is 11.4. The van der Waals surface area contributed by atoms with Gasteiger partial charge in [-0.15, -0.1) is 0 Å². The lowest BCUT2D eigenvalue weighted by Gasteiger charge is -2.31. The summed E-state index contributed by atoms with van der Waals surface area (Å²) in [5.41, 5.74) is -0.0966. The Morgan fingerprint density at radius 1 is 1.32 bits per heavy atom. The lowest BCUT2D eigenvalue weighted by Crippen LogP contribution is -2.48. The van der Waals surface area contributed by atoms with Gasteiger partial charge >= 0.3 is 0 Å². The molecular formula is C14H22N2O2S. The Labute approximate surface area is 119 Å². The topological polar surface area (TPSA) is 50.4 Å². The molecule has 0 aromatic carbocycles. The summed E-state index contributed by atoms with van der Waals surface area (Å²) in [5, 5.41) is 6.37. The van der Waals surface area contributed by atoms with Crippen LogP contribution in [0.15, 0.2) is 0 Å². The van der Waals surface area contributed by atoms with Crippen molar-refractivity contribution in [2.24, 2.45) is 23.2 Å². The van der Waals surface area contributed by atoms with Gasteiger partial charge in [0.05, 0.1) is 12.0 Å². The van der Waals surface area contributed by atoms with Crippen molar-refractivity contribution < 1.29 is 9.53 Å². The summed E-state index contributed by atoms with van der Waals surface area (Å²) < 4.78 is 4.95. The second-order valence-corrected chi connectivity index (χ2v) is 6.81. The Morgan fingerprint density at radius 3 is 2.63 bits per heavy atom. The quantitative estimate of drug-likeness (QED) is 0.605. The van der Waals surface area contributed by atoms with Crippen molar-refractivity contribution in [3.8, 4) is 0 Å². The number of ether oxygens (including phenoxy) is 1. The van der Waals surface area contributed by atoms with Crippen molar-refractivity contribution in [2.75, 3.05) is 20.3 Å². The molecular weight excluding hydrogens is 260 g/mol. The van der Waals surface area contributed by atoms with Crippen LogP contribution < -0.4 is 10.6 Å². The van der Waals surface area contributed by atoms with Gasteiger partial charge in [-0.3, -0.25) is 4.79 Å². The lowest BCUT2D eigenvalue weighted by atomic mass is 9.75. The number of hydrogen-bond acceptors (Lipinski definition) is 3. The minimum absolute atomic E-state index is 0.0966. The highest BCUT2D eigenvalue weighted by Crippen LogP contribution is 2.65. The minimum Gasteiger partial charge on any atom is -0.383 e. The molecule has 4 nitrogen and oxygen atoms in total. The molecule has 0 heterocycles. The summed E-state index contributed by atoms with van der Waals surface area (Å²) in [6.07, 6.45) is 6.03. The van der Waals surface area contributed by atoms with Crippen molar-refractivity contribution in [1.29, 1.82) is 0 Å². The normalized spacial score (nSPS) is 38.5. The highest BCUT2D eigenvalue weighted by Gasteiger charge is 2.61. The first-order valence-electron chi connectivity index (χ1n) is 7.22. The summed E-state index contributed by atoms with van der Waals surface area (Å²) in [6.45, 7) is 1.23. The predicted octanol–water partition coefficient (Wildman–Crippen LogP) is 1.45. The minimum atomic E-state index is -0.0966. The van der Waals surface area contributed by atoms with Crippen LogP contribution in [0.25, 0.3) is 0 Å². The fourth-order valence-electron chi connectivity index (χ4n) is 4.71. The van der Waals surface area contributed by atoms with E-state index in [0.717, 1.165) is 24.7 Å². The van der Waals surface area contributed by atoms with Crippen LogP contribution in [0, 0.1) is 23.2 Å². The van der Waals surface area contributed by atoms with Crippen LogP contribution in [0.3, 0.4) is 0 Å². The Balaban J connectivity index is 1.57. The number of carbonyl (C=O) groups is 1. The SMILES string of the molecule is COCCNC(=S)NC(=O)C12CC3CC(CC1C3)C2. The molecule has 0 aromatic rings. The fourth-order valence-corrected chi connectivity index (χ4v) is 4.90. The molecule has 106 valence electrons. The Kier molecular flexibility index (Phi) is 3.52. The second-order valence-electron chi connectivity index (χ2n) is 6.40. The number of nitrogens with one attached hydrogen (secondary N) is 2. The van der Waals surface area contributed by atoms with E-state index >= 15 is 0 Å². The molecule has 19 heavy (non-hydrogen) atoms. The maximum atomic E-state index is 12.6. The molecule has 0 saturated heterocycles. The number of thiocarbonyl (C=S) groups is 1. The van der Waals surface area contributed by atoms with E-state index in [2.05, 4.69) is 10.6 Å². The van der Waals surface area contributed by atoms with Crippen molar-refractivity contribution in [3.63, 3.8) is 0 Å². The van der Waals surface area contributed by atoms with Gasteiger partial charge in [-0.05, 0) is 62.1 Å². The van der Waals surface area contributed by atoms with Crippen molar-refractivity contribution >= 4 is 23.2 Å². The van der Waals surface area contributed by atoms with Gasteiger partial charge in [0.25, 0.3) is 0 Å². The first-order chi connectivity index (χ1) is 9.14. The summed E-state index contributed by atoms with van der Waals surface area (Å²) in [7, 11) is 1.65. The van der Waals surface area contributed by atoms with Crippen LogP contribution in [0.1, 0.15) is 32.1 Å². The molecule has 0 spiro atoms. The van der Waals surface area contributed by atoms with Crippen LogP contribution in [0.5, 0.6) is 0 Å². The summed E-state index contributed by atoms with van der Waals surface area (Å²) in [5.74, 6) is 2.35. The van der Waals surface area contributed by atoms with Crippen molar-refractivity contribution in [2.45, 2.75) is 32.1 Å². The summed E-state index contributed by atoms with van der Waals surface area (Å²) in [4.78, 5) is 12.6. The molecule has 4 aliphatic carbocycles. The van der Waals surface area contributed by atoms with Gasteiger partial charge in [-0.1, -0.05) is 0 Å². The molecule has 0 radical (unpaired) electrons. The van der Waals surface area contributed by atoms with Crippen LogP contribution in [0.2, 0.25) is 0 Å². The number of amides is 1. The molecule has 4 aliphatic rings. The molecule has 2 unspecified atom stereocenters. The third-order valence-corrected chi connectivity index (χ3v) is 5.51. The van der Waals surface area contributed by atoms with E-state index in [9.17, 15) is 4.79 Å². The van der Waals surface area contributed by atoms with Crippen molar-refractivity contribution in [3.05, 3.63) is 0 Å². The maximum Gasteiger partial charge on any atom is 0.232 e. The average Bonchev–Trinajstić information content (AvgIpc) is 2.76. The lowest BCUT2D eigenvalue weighted by molar-refractivity contribution is -0.131. The Bertz CT molecular complexity index is 385. The van der Waals surface area contributed by atoms with Gasteiger partial charge in [0.15, 0.2) is 5.11 Å². The predicted molar refractivity (Wildman–Crippen MR) is 76.6 cm³/mol. The van der Waals surface area contributed by atoms with E-state index in [4.69, 9.17) is 17.0 Å². The second kappa shape index (κ2) is 5.02. The molecule has 4 fully saturated rings. The number of rotatable bonds is 4. The van der Waals surface area contributed by atoms with Gasteiger partial charge in [0, 0.05) is 13.7 Å². The van der Waals surface area contributed by atoms with Crippen LogP contribution in [0.4, 0.5) is 0 Å². The van der Waals surface area contributed by atoms with Crippen LogP contribution in [-0.4, -0.2) is 31.3 Å². The highest BCUT2D eigenvalue weighted by atomic mass is 32.1. The van der Waals surface area contributed by atoms with E-state index in [1.54, 1.807) is 7.11 Å².